The van der Waals surface area contributed by atoms with E-state index in [-0.39, 0.29) is 11.8 Å². The molecule has 1 aliphatic rings. The normalized spacial score (nSPS) is 20.1. The van der Waals surface area contributed by atoms with Crippen molar-refractivity contribution >= 4 is 17.2 Å². The van der Waals surface area contributed by atoms with Crippen LogP contribution in [0.5, 0.6) is 0 Å². The summed E-state index contributed by atoms with van der Waals surface area (Å²) in [7, 11) is 0. The molecule has 0 radical (unpaired) electrons. The summed E-state index contributed by atoms with van der Waals surface area (Å²) in [6, 6.07) is 8.75. The molecule has 22 heavy (non-hydrogen) atoms. The molecule has 2 atom stereocenters. The minimum absolute atomic E-state index is 0.153. The van der Waals surface area contributed by atoms with Crippen LogP contribution in [0.3, 0.4) is 0 Å². The minimum Gasteiger partial charge on any atom is -0.355 e. The summed E-state index contributed by atoms with van der Waals surface area (Å²) in [5.41, 5.74) is 5.54. The second-order valence-corrected chi connectivity index (χ2v) is 7.01. The third kappa shape index (κ3) is 3.55. The molecule has 3 nitrogen and oxygen atoms in total. The molecule has 0 aliphatic heterocycles. The van der Waals surface area contributed by atoms with Gasteiger partial charge in [-0.05, 0) is 29.4 Å². The molecule has 1 fully saturated rings. The zero-order chi connectivity index (χ0) is 15.5. The fourth-order valence-corrected chi connectivity index (χ4v) is 3.38. The summed E-state index contributed by atoms with van der Waals surface area (Å²) in [6.07, 6.45) is 1.79. The van der Waals surface area contributed by atoms with Crippen molar-refractivity contribution in [1.82, 2.24) is 10.3 Å². The van der Waals surface area contributed by atoms with Crippen LogP contribution in [-0.4, -0.2) is 17.4 Å². The maximum atomic E-state index is 12.2. The van der Waals surface area contributed by atoms with Gasteiger partial charge in [-0.15, -0.1) is 11.3 Å². The van der Waals surface area contributed by atoms with Crippen molar-refractivity contribution in [3.05, 3.63) is 52.0 Å². The highest BCUT2D eigenvalue weighted by Crippen LogP contribution is 2.47. The maximum absolute atomic E-state index is 12.2. The lowest BCUT2D eigenvalue weighted by molar-refractivity contribution is -0.122. The van der Waals surface area contributed by atoms with Crippen molar-refractivity contribution < 1.29 is 4.79 Å². The summed E-state index contributed by atoms with van der Waals surface area (Å²) in [4.78, 5) is 16.4. The Morgan fingerprint density at radius 2 is 2.14 bits per heavy atom. The van der Waals surface area contributed by atoms with Gasteiger partial charge in [0.15, 0.2) is 0 Å². The van der Waals surface area contributed by atoms with Crippen molar-refractivity contribution in [2.45, 2.75) is 38.5 Å². The van der Waals surface area contributed by atoms with Gasteiger partial charge in [0.1, 0.15) is 0 Å². The standard InChI is InChI=1S/C18H22N2OS/c1-12(2)13-3-5-14(6-4-13)16-9-17(16)18(21)19-8-7-15-10-22-11-20-15/h3-6,10-12,16-17H,7-9H2,1-2H3,(H,19,21)/t16-,17-/m1/s1. The molecule has 0 bridgehead atoms. The molecule has 3 rings (SSSR count). The van der Waals surface area contributed by atoms with Crippen LogP contribution in [-0.2, 0) is 11.2 Å². The van der Waals surface area contributed by atoms with Crippen LogP contribution in [0.1, 0.15) is 48.9 Å². The van der Waals surface area contributed by atoms with E-state index in [9.17, 15) is 4.79 Å². The number of nitrogens with one attached hydrogen (secondary N) is 1. The van der Waals surface area contributed by atoms with E-state index in [1.807, 2.05) is 10.9 Å². The predicted molar refractivity (Wildman–Crippen MR) is 90.2 cm³/mol. The van der Waals surface area contributed by atoms with Gasteiger partial charge < -0.3 is 5.32 Å². The molecule has 0 saturated heterocycles. The third-order valence-electron chi connectivity index (χ3n) is 4.32. The molecule has 0 spiro atoms. The Bertz CT molecular complexity index is 619. The fraction of sp³-hybridized carbons (Fsp3) is 0.444. The molecule has 1 amide bonds. The summed E-state index contributed by atoms with van der Waals surface area (Å²) in [5, 5.41) is 5.07. The van der Waals surface area contributed by atoms with Gasteiger partial charge in [0.05, 0.1) is 11.2 Å². The van der Waals surface area contributed by atoms with E-state index < -0.39 is 0 Å². The number of amides is 1. The molecule has 1 aromatic heterocycles. The number of aromatic nitrogens is 1. The Labute approximate surface area is 135 Å². The first-order chi connectivity index (χ1) is 10.6. The Morgan fingerprint density at radius 3 is 2.77 bits per heavy atom. The van der Waals surface area contributed by atoms with Crippen LogP contribution >= 0.6 is 11.3 Å². The second kappa shape index (κ2) is 6.61. The Kier molecular flexibility index (Phi) is 4.57. The zero-order valence-electron chi connectivity index (χ0n) is 13.1. The largest absolute Gasteiger partial charge is 0.355 e. The van der Waals surface area contributed by atoms with Crippen LogP contribution in [0, 0.1) is 5.92 Å². The first-order valence-electron chi connectivity index (χ1n) is 7.90. The summed E-state index contributed by atoms with van der Waals surface area (Å²) < 4.78 is 0. The molecule has 1 saturated carbocycles. The van der Waals surface area contributed by atoms with Crippen molar-refractivity contribution in [2.24, 2.45) is 5.92 Å². The van der Waals surface area contributed by atoms with Crippen molar-refractivity contribution in [3.8, 4) is 0 Å². The lowest BCUT2D eigenvalue weighted by Crippen LogP contribution is -2.27. The first kappa shape index (κ1) is 15.2. The third-order valence-corrected chi connectivity index (χ3v) is 4.96. The molecular weight excluding hydrogens is 292 g/mol. The lowest BCUT2D eigenvalue weighted by Gasteiger charge is -2.07. The highest BCUT2D eigenvalue weighted by molar-refractivity contribution is 7.07. The lowest BCUT2D eigenvalue weighted by atomic mass is 10.00. The van der Waals surface area contributed by atoms with E-state index in [4.69, 9.17) is 0 Å². The van der Waals surface area contributed by atoms with E-state index in [1.54, 1.807) is 11.3 Å². The molecule has 4 heteroatoms. The first-order valence-corrected chi connectivity index (χ1v) is 8.84. The molecule has 1 N–H and O–H groups in total. The van der Waals surface area contributed by atoms with Gasteiger partial charge in [0.25, 0.3) is 0 Å². The van der Waals surface area contributed by atoms with Crippen LogP contribution in [0.25, 0.3) is 0 Å². The van der Waals surface area contributed by atoms with Crippen molar-refractivity contribution in [1.29, 1.82) is 0 Å². The number of benzene rings is 1. The number of hydrogen-bond donors (Lipinski definition) is 1. The molecule has 1 aliphatic carbocycles. The monoisotopic (exact) mass is 314 g/mol. The summed E-state index contributed by atoms with van der Waals surface area (Å²) in [6.45, 7) is 5.08. The highest BCUT2D eigenvalue weighted by atomic mass is 32.1. The summed E-state index contributed by atoms with van der Waals surface area (Å²) in [5.74, 6) is 1.30. The quantitative estimate of drug-likeness (QED) is 0.883. The van der Waals surface area contributed by atoms with Gasteiger partial charge in [0, 0.05) is 24.3 Å². The number of hydrogen-bond acceptors (Lipinski definition) is 3. The van der Waals surface area contributed by atoms with E-state index in [1.165, 1.54) is 11.1 Å². The van der Waals surface area contributed by atoms with E-state index in [0.717, 1.165) is 18.5 Å². The van der Waals surface area contributed by atoms with Gasteiger partial charge in [-0.1, -0.05) is 38.1 Å². The Morgan fingerprint density at radius 1 is 1.36 bits per heavy atom. The number of thiazole rings is 1. The summed E-state index contributed by atoms with van der Waals surface area (Å²) >= 11 is 1.59. The molecule has 0 unspecified atom stereocenters. The van der Waals surface area contributed by atoms with E-state index in [0.29, 0.717) is 18.4 Å². The van der Waals surface area contributed by atoms with Crippen LogP contribution in [0.15, 0.2) is 35.2 Å². The number of carbonyl (C=O) groups excluding carboxylic acids is 1. The molecule has 2 aromatic rings. The van der Waals surface area contributed by atoms with Crippen LogP contribution in [0.4, 0.5) is 0 Å². The SMILES string of the molecule is CC(C)c1ccc([C@H]2C[C@H]2C(=O)NCCc2cscn2)cc1. The van der Waals surface area contributed by atoms with Gasteiger partial charge in [-0.2, -0.15) is 0 Å². The van der Waals surface area contributed by atoms with Crippen LogP contribution < -0.4 is 5.32 Å². The van der Waals surface area contributed by atoms with Gasteiger partial charge >= 0.3 is 0 Å². The van der Waals surface area contributed by atoms with E-state index >= 15 is 0 Å². The molecule has 1 aromatic carbocycles. The fourth-order valence-electron chi connectivity index (χ4n) is 2.79. The molecule has 116 valence electrons. The Hall–Kier alpha value is -1.68. The van der Waals surface area contributed by atoms with E-state index in [2.05, 4.69) is 48.4 Å². The number of carbonyl (C=O) groups is 1. The topological polar surface area (TPSA) is 42.0 Å². The predicted octanol–water partition coefficient (Wildman–Crippen LogP) is 3.73. The maximum Gasteiger partial charge on any atom is 0.223 e. The molecular formula is C18H22N2OS. The smallest absolute Gasteiger partial charge is 0.223 e. The van der Waals surface area contributed by atoms with Gasteiger partial charge in [-0.25, -0.2) is 4.98 Å². The van der Waals surface area contributed by atoms with Crippen LogP contribution in [0.2, 0.25) is 0 Å². The zero-order valence-corrected chi connectivity index (χ0v) is 13.9. The average molecular weight is 314 g/mol. The minimum atomic E-state index is 0.153. The van der Waals surface area contributed by atoms with Crippen molar-refractivity contribution in [2.75, 3.05) is 6.54 Å². The average Bonchev–Trinajstić information content (AvgIpc) is 3.16. The second-order valence-electron chi connectivity index (χ2n) is 6.29. The Balaban J connectivity index is 1.47. The number of nitrogens with zero attached hydrogens (tertiary/aromatic N) is 1. The van der Waals surface area contributed by atoms with Gasteiger partial charge in [-0.3, -0.25) is 4.79 Å². The number of rotatable bonds is 6. The molecule has 1 heterocycles. The van der Waals surface area contributed by atoms with Crippen molar-refractivity contribution in [3.63, 3.8) is 0 Å². The highest BCUT2D eigenvalue weighted by Gasteiger charge is 2.43. The van der Waals surface area contributed by atoms with Gasteiger partial charge in [0.2, 0.25) is 5.91 Å².